The predicted octanol–water partition coefficient (Wildman–Crippen LogP) is 4.02. The molecular formula is C23H19F2N5. The molecule has 2 heterocycles. The summed E-state index contributed by atoms with van der Waals surface area (Å²) in [7, 11) is 1.71. The van der Waals surface area contributed by atoms with Crippen LogP contribution in [-0.2, 0) is 0 Å². The van der Waals surface area contributed by atoms with Gasteiger partial charge in [0.1, 0.15) is 11.6 Å². The largest absolute Gasteiger partial charge is 0.395 e. The second-order valence-corrected chi connectivity index (χ2v) is 6.67. The number of amidine groups is 1. The second-order valence-electron chi connectivity index (χ2n) is 6.67. The minimum Gasteiger partial charge on any atom is -0.395 e. The Morgan fingerprint density at radius 1 is 0.933 bits per heavy atom. The molecule has 0 spiro atoms. The normalized spacial score (nSPS) is 14.1. The SMILES string of the molecule is CN(/C(=C(\N)C1=NC(c2ccccc2F)=NC1)c1ccccn1)c1ccccc1F. The number of nitrogens with zero attached hydrogens (tertiary/aromatic N) is 4. The van der Waals surface area contributed by atoms with E-state index in [1.165, 1.54) is 12.1 Å². The molecule has 4 rings (SSSR count). The maximum absolute atomic E-state index is 14.5. The molecule has 0 radical (unpaired) electrons. The lowest BCUT2D eigenvalue weighted by atomic mass is 10.1. The molecule has 150 valence electrons. The Balaban J connectivity index is 1.80. The van der Waals surface area contributed by atoms with Crippen LogP contribution in [0.5, 0.6) is 0 Å². The van der Waals surface area contributed by atoms with Gasteiger partial charge in [-0.2, -0.15) is 0 Å². The van der Waals surface area contributed by atoms with Crippen molar-refractivity contribution in [1.29, 1.82) is 0 Å². The van der Waals surface area contributed by atoms with E-state index >= 15 is 0 Å². The average Bonchev–Trinajstić information content (AvgIpc) is 3.25. The molecule has 0 amide bonds. The first-order valence-corrected chi connectivity index (χ1v) is 9.33. The minimum absolute atomic E-state index is 0.191. The van der Waals surface area contributed by atoms with Crippen LogP contribution in [0.2, 0.25) is 0 Å². The number of nitrogens with two attached hydrogens (primary N) is 1. The van der Waals surface area contributed by atoms with Crippen molar-refractivity contribution in [3.05, 3.63) is 102 Å². The van der Waals surface area contributed by atoms with Gasteiger partial charge in [-0.05, 0) is 36.4 Å². The third-order valence-electron chi connectivity index (χ3n) is 4.76. The van der Waals surface area contributed by atoms with Gasteiger partial charge in [0.05, 0.1) is 40.6 Å². The fraction of sp³-hybridized carbons (Fsp3) is 0.0870. The van der Waals surface area contributed by atoms with Gasteiger partial charge in [-0.1, -0.05) is 30.3 Å². The second kappa shape index (κ2) is 8.24. The van der Waals surface area contributed by atoms with E-state index in [0.717, 1.165) is 0 Å². The van der Waals surface area contributed by atoms with Crippen molar-refractivity contribution in [2.75, 3.05) is 18.5 Å². The highest BCUT2D eigenvalue weighted by molar-refractivity contribution is 6.19. The molecule has 3 aromatic rings. The number of aromatic nitrogens is 1. The fourth-order valence-electron chi connectivity index (χ4n) is 3.26. The van der Waals surface area contributed by atoms with Crippen LogP contribution >= 0.6 is 0 Å². The number of pyridine rings is 1. The molecule has 0 saturated carbocycles. The van der Waals surface area contributed by atoms with Crippen molar-refractivity contribution < 1.29 is 8.78 Å². The number of anilines is 1. The summed E-state index contributed by atoms with van der Waals surface area (Å²) in [6.45, 7) is 0.191. The summed E-state index contributed by atoms with van der Waals surface area (Å²) in [4.78, 5) is 14.8. The van der Waals surface area contributed by atoms with Crippen molar-refractivity contribution in [3.8, 4) is 0 Å². The van der Waals surface area contributed by atoms with Gasteiger partial charge in [0.2, 0.25) is 0 Å². The van der Waals surface area contributed by atoms with Crippen molar-refractivity contribution >= 4 is 22.9 Å². The van der Waals surface area contributed by atoms with Gasteiger partial charge in [0, 0.05) is 13.2 Å². The molecule has 0 atom stereocenters. The van der Waals surface area contributed by atoms with E-state index in [1.54, 1.807) is 66.7 Å². The summed E-state index contributed by atoms with van der Waals surface area (Å²) in [6.07, 6.45) is 1.63. The first-order valence-electron chi connectivity index (χ1n) is 9.33. The Bertz CT molecular complexity index is 1170. The van der Waals surface area contributed by atoms with Crippen LogP contribution in [0.1, 0.15) is 11.3 Å². The Labute approximate surface area is 172 Å². The summed E-state index contributed by atoms with van der Waals surface area (Å²) in [5.74, 6) is -0.518. The van der Waals surface area contributed by atoms with Gasteiger partial charge < -0.3 is 10.6 Å². The monoisotopic (exact) mass is 403 g/mol. The number of aliphatic imine (C=N–C) groups is 2. The van der Waals surface area contributed by atoms with Gasteiger partial charge in [-0.3, -0.25) is 9.98 Å². The molecule has 2 N–H and O–H groups in total. The zero-order valence-electron chi connectivity index (χ0n) is 16.3. The molecule has 0 fully saturated rings. The highest BCUT2D eigenvalue weighted by Crippen LogP contribution is 2.28. The Morgan fingerprint density at radius 3 is 2.33 bits per heavy atom. The van der Waals surface area contributed by atoms with E-state index < -0.39 is 11.6 Å². The van der Waals surface area contributed by atoms with Crippen molar-refractivity contribution in [2.24, 2.45) is 15.7 Å². The van der Waals surface area contributed by atoms with Crippen LogP contribution < -0.4 is 10.6 Å². The van der Waals surface area contributed by atoms with E-state index in [0.29, 0.717) is 34.1 Å². The maximum Gasteiger partial charge on any atom is 0.158 e. The van der Waals surface area contributed by atoms with Crippen molar-refractivity contribution in [2.45, 2.75) is 0 Å². The summed E-state index contributed by atoms with van der Waals surface area (Å²) in [5, 5.41) is 0. The maximum atomic E-state index is 14.5. The molecule has 30 heavy (non-hydrogen) atoms. The molecule has 0 unspecified atom stereocenters. The third kappa shape index (κ3) is 3.69. The van der Waals surface area contributed by atoms with Crippen LogP contribution in [0.4, 0.5) is 14.5 Å². The van der Waals surface area contributed by atoms with Gasteiger partial charge >= 0.3 is 0 Å². The lowest BCUT2D eigenvalue weighted by Crippen LogP contribution is -2.26. The highest BCUT2D eigenvalue weighted by atomic mass is 19.1. The van der Waals surface area contributed by atoms with Crippen LogP contribution in [0.3, 0.4) is 0 Å². The molecule has 0 aliphatic carbocycles. The van der Waals surface area contributed by atoms with Gasteiger partial charge in [-0.25, -0.2) is 13.8 Å². The summed E-state index contributed by atoms with van der Waals surface area (Å²) in [5.41, 5.74) is 8.97. The number of halogens is 2. The summed E-state index contributed by atoms with van der Waals surface area (Å²) in [6, 6.07) is 18.1. The molecule has 5 nitrogen and oxygen atoms in total. The van der Waals surface area contributed by atoms with Crippen LogP contribution in [0, 0.1) is 11.6 Å². The zero-order valence-corrected chi connectivity index (χ0v) is 16.3. The predicted molar refractivity (Wildman–Crippen MR) is 115 cm³/mol. The smallest absolute Gasteiger partial charge is 0.158 e. The van der Waals surface area contributed by atoms with Crippen LogP contribution in [0.15, 0.2) is 88.6 Å². The van der Waals surface area contributed by atoms with Crippen molar-refractivity contribution in [3.63, 3.8) is 0 Å². The lowest BCUT2D eigenvalue weighted by molar-refractivity contribution is 0.625. The number of rotatable bonds is 5. The van der Waals surface area contributed by atoms with Crippen LogP contribution in [0.25, 0.3) is 5.70 Å². The first-order chi connectivity index (χ1) is 14.6. The fourth-order valence-corrected chi connectivity index (χ4v) is 3.26. The molecule has 1 aliphatic heterocycles. The topological polar surface area (TPSA) is 66.9 Å². The van der Waals surface area contributed by atoms with E-state index in [1.807, 2.05) is 6.07 Å². The molecule has 0 bridgehead atoms. The van der Waals surface area contributed by atoms with Crippen molar-refractivity contribution in [1.82, 2.24) is 4.98 Å². The number of hydrogen-bond acceptors (Lipinski definition) is 5. The minimum atomic E-state index is -0.405. The lowest BCUT2D eigenvalue weighted by Gasteiger charge is -2.25. The molecule has 1 aliphatic rings. The molecular weight excluding hydrogens is 384 g/mol. The third-order valence-corrected chi connectivity index (χ3v) is 4.76. The number of para-hydroxylation sites is 1. The molecule has 7 heteroatoms. The Kier molecular flexibility index (Phi) is 5.34. The van der Waals surface area contributed by atoms with E-state index in [-0.39, 0.29) is 12.4 Å². The highest BCUT2D eigenvalue weighted by Gasteiger charge is 2.23. The summed E-state index contributed by atoms with van der Waals surface area (Å²) < 4.78 is 28.6. The van der Waals surface area contributed by atoms with Gasteiger partial charge in [0.25, 0.3) is 0 Å². The van der Waals surface area contributed by atoms with E-state index in [4.69, 9.17) is 5.73 Å². The van der Waals surface area contributed by atoms with Gasteiger partial charge in [0.15, 0.2) is 5.84 Å². The zero-order chi connectivity index (χ0) is 21.1. The first kappa shape index (κ1) is 19.4. The van der Waals surface area contributed by atoms with Crippen LogP contribution in [-0.4, -0.2) is 30.1 Å². The van der Waals surface area contributed by atoms with E-state index in [2.05, 4.69) is 15.0 Å². The Morgan fingerprint density at radius 2 is 1.63 bits per heavy atom. The Hall–Kier alpha value is -3.87. The number of hydrogen-bond donors (Lipinski definition) is 1. The molecule has 1 aromatic heterocycles. The molecule has 2 aromatic carbocycles. The number of benzene rings is 2. The average molecular weight is 403 g/mol. The van der Waals surface area contributed by atoms with Gasteiger partial charge in [-0.15, -0.1) is 0 Å². The standard InChI is InChI=1S/C23H19F2N5/c1-30(20-12-5-4-10-17(20)25)22(18-11-6-7-13-27-18)21(26)19-14-28-23(29-19)15-8-2-3-9-16(15)24/h2-13H,14,26H2,1H3/b22-21-. The molecule has 0 saturated heterocycles. The quantitative estimate of drug-likeness (QED) is 0.700. The van der Waals surface area contributed by atoms with E-state index in [9.17, 15) is 8.78 Å². The summed E-state index contributed by atoms with van der Waals surface area (Å²) >= 11 is 0.